The van der Waals surface area contributed by atoms with Crippen LogP contribution in [0.5, 0.6) is 0 Å². The molecule has 0 aliphatic heterocycles. The van der Waals surface area contributed by atoms with E-state index in [-0.39, 0.29) is 5.78 Å². The standard InChI is InChI=1S/C14H13ClOS/c1-3-4-5-12(16)14-9(2)11-8-10(15)6-7-13(11)17-14/h3,6-8H,1,4-5H2,2H3. The van der Waals surface area contributed by atoms with Gasteiger partial charge in [0.1, 0.15) is 0 Å². The number of rotatable bonds is 4. The summed E-state index contributed by atoms with van der Waals surface area (Å²) in [5.41, 5.74) is 1.04. The topological polar surface area (TPSA) is 17.1 Å². The number of aryl methyl sites for hydroxylation is 1. The van der Waals surface area contributed by atoms with E-state index < -0.39 is 0 Å². The van der Waals surface area contributed by atoms with Crippen LogP contribution in [0.1, 0.15) is 28.1 Å². The highest BCUT2D eigenvalue weighted by atomic mass is 35.5. The molecule has 1 aromatic carbocycles. The van der Waals surface area contributed by atoms with E-state index in [2.05, 4.69) is 6.58 Å². The van der Waals surface area contributed by atoms with E-state index in [1.54, 1.807) is 17.4 Å². The normalized spacial score (nSPS) is 10.7. The number of allylic oxidation sites excluding steroid dienone is 1. The molecule has 0 saturated heterocycles. The fourth-order valence-electron chi connectivity index (χ4n) is 1.81. The van der Waals surface area contributed by atoms with Crippen molar-refractivity contribution in [3.8, 4) is 0 Å². The second-order valence-corrected chi connectivity index (χ2v) is 5.44. The van der Waals surface area contributed by atoms with Crippen LogP contribution >= 0.6 is 22.9 Å². The van der Waals surface area contributed by atoms with Gasteiger partial charge in [-0.25, -0.2) is 0 Å². The monoisotopic (exact) mass is 264 g/mol. The number of halogens is 1. The number of Topliss-reactive ketones (excluding diaryl/α,β-unsaturated/α-hetero) is 1. The van der Waals surface area contributed by atoms with E-state index in [4.69, 9.17) is 11.6 Å². The summed E-state index contributed by atoms with van der Waals surface area (Å²) in [6.45, 7) is 5.62. The van der Waals surface area contributed by atoms with Gasteiger partial charge in [0, 0.05) is 16.1 Å². The Hall–Kier alpha value is -1.12. The minimum Gasteiger partial charge on any atom is -0.293 e. The van der Waals surface area contributed by atoms with Crippen LogP contribution in [0, 0.1) is 6.92 Å². The molecule has 0 spiro atoms. The molecule has 0 aliphatic rings. The van der Waals surface area contributed by atoms with Crippen LogP contribution in [0.3, 0.4) is 0 Å². The zero-order valence-electron chi connectivity index (χ0n) is 9.63. The second kappa shape index (κ2) is 5.03. The molecule has 0 fully saturated rings. The highest BCUT2D eigenvalue weighted by Gasteiger charge is 2.14. The molecule has 0 aliphatic carbocycles. The van der Waals surface area contributed by atoms with Crippen molar-refractivity contribution in [2.45, 2.75) is 19.8 Å². The maximum absolute atomic E-state index is 12.0. The van der Waals surface area contributed by atoms with Crippen molar-refractivity contribution in [1.29, 1.82) is 0 Å². The molecule has 0 bridgehead atoms. The summed E-state index contributed by atoms with van der Waals surface area (Å²) >= 11 is 7.52. The SMILES string of the molecule is C=CCCC(=O)c1sc2ccc(Cl)cc2c1C. The smallest absolute Gasteiger partial charge is 0.173 e. The first-order valence-electron chi connectivity index (χ1n) is 5.46. The minimum absolute atomic E-state index is 0.194. The molecule has 0 saturated carbocycles. The first kappa shape index (κ1) is 12.3. The van der Waals surface area contributed by atoms with E-state index in [9.17, 15) is 4.79 Å². The predicted octanol–water partition coefficient (Wildman–Crippen LogP) is 5.01. The quantitative estimate of drug-likeness (QED) is 0.560. The third kappa shape index (κ3) is 2.43. The molecule has 1 heterocycles. The molecule has 0 unspecified atom stereocenters. The molecule has 88 valence electrons. The van der Waals surface area contributed by atoms with Crippen LogP contribution in [-0.4, -0.2) is 5.78 Å². The average Bonchev–Trinajstić information content (AvgIpc) is 2.64. The van der Waals surface area contributed by atoms with Crippen LogP contribution in [0.4, 0.5) is 0 Å². The van der Waals surface area contributed by atoms with Gasteiger partial charge in [0.05, 0.1) is 4.88 Å². The fraction of sp³-hybridized carbons (Fsp3) is 0.214. The third-order valence-corrected chi connectivity index (χ3v) is 4.28. The third-order valence-electron chi connectivity index (χ3n) is 2.73. The van der Waals surface area contributed by atoms with Gasteiger partial charge in [0.15, 0.2) is 5.78 Å². The van der Waals surface area contributed by atoms with E-state index in [0.29, 0.717) is 11.4 Å². The van der Waals surface area contributed by atoms with Crippen molar-refractivity contribution in [1.82, 2.24) is 0 Å². The van der Waals surface area contributed by atoms with Crippen LogP contribution < -0.4 is 0 Å². The zero-order valence-corrected chi connectivity index (χ0v) is 11.2. The molecular weight excluding hydrogens is 252 g/mol. The average molecular weight is 265 g/mol. The number of benzene rings is 1. The molecule has 1 aromatic heterocycles. The molecule has 2 aromatic rings. The number of thiophene rings is 1. The van der Waals surface area contributed by atoms with E-state index in [1.807, 2.05) is 25.1 Å². The summed E-state index contributed by atoms with van der Waals surface area (Å²) in [7, 11) is 0. The first-order valence-corrected chi connectivity index (χ1v) is 6.65. The Bertz CT molecular complexity index is 583. The lowest BCUT2D eigenvalue weighted by Gasteiger charge is -1.97. The van der Waals surface area contributed by atoms with Gasteiger partial charge in [0.2, 0.25) is 0 Å². The minimum atomic E-state index is 0.194. The number of carbonyl (C=O) groups is 1. The maximum atomic E-state index is 12.0. The summed E-state index contributed by atoms with van der Waals surface area (Å²) < 4.78 is 1.12. The zero-order chi connectivity index (χ0) is 12.4. The largest absolute Gasteiger partial charge is 0.293 e. The van der Waals surface area contributed by atoms with Gasteiger partial charge < -0.3 is 0 Å². The Morgan fingerprint density at radius 2 is 2.29 bits per heavy atom. The summed E-state index contributed by atoms with van der Waals surface area (Å²) in [5.74, 6) is 0.194. The molecular formula is C14H13ClOS. The van der Waals surface area contributed by atoms with Gasteiger partial charge in [-0.3, -0.25) is 4.79 Å². The Morgan fingerprint density at radius 1 is 1.53 bits per heavy atom. The van der Waals surface area contributed by atoms with Crippen LogP contribution in [0.2, 0.25) is 5.02 Å². The second-order valence-electron chi connectivity index (χ2n) is 3.95. The number of ketones is 1. The Kier molecular flexibility index (Phi) is 3.65. The Labute approximate surface area is 110 Å². The van der Waals surface area contributed by atoms with Gasteiger partial charge in [0.25, 0.3) is 0 Å². The molecule has 1 nitrogen and oxygen atoms in total. The molecule has 2 rings (SSSR count). The lowest BCUT2D eigenvalue weighted by atomic mass is 10.1. The highest BCUT2D eigenvalue weighted by molar-refractivity contribution is 7.21. The van der Waals surface area contributed by atoms with Gasteiger partial charge in [-0.05, 0) is 42.5 Å². The first-order chi connectivity index (χ1) is 8.13. The summed E-state index contributed by atoms with van der Waals surface area (Å²) in [6, 6.07) is 5.75. The molecule has 0 radical (unpaired) electrons. The fourth-order valence-corrected chi connectivity index (χ4v) is 3.13. The van der Waals surface area contributed by atoms with Crippen molar-refractivity contribution in [3.05, 3.63) is 46.3 Å². The van der Waals surface area contributed by atoms with E-state index >= 15 is 0 Å². The summed E-state index contributed by atoms with van der Waals surface area (Å²) in [4.78, 5) is 12.9. The van der Waals surface area contributed by atoms with Gasteiger partial charge in [-0.15, -0.1) is 17.9 Å². The number of fused-ring (bicyclic) bond motifs is 1. The Morgan fingerprint density at radius 3 is 3.00 bits per heavy atom. The lowest BCUT2D eigenvalue weighted by molar-refractivity contribution is 0.0987. The molecule has 0 amide bonds. The molecule has 3 heteroatoms. The van der Waals surface area contributed by atoms with Gasteiger partial charge >= 0.3 is 0 Å². The Balaban J connectivity index is 2.45. The highest BCUT2D eigenvalue weighted by Crippen LogP contribution is 2.33. The van der Waals surface area contributed by atoms with E-state index in [0.717, 1.165) is 26.9 Å². The molecule has 0 atom stereocenters. The van der Waals surface area contributed by atoms with Crippen molar-refractivity contribution < 1.29 is 4.79 Å². The number of hydrogen-bond acceptors (Lipinski definition) is 2. The molecule has 17 heavy (non-hydrogen) atoms. The van der Waals surface area contributed by atoms with Crippen molar-refractivity contribution in [2.75, 3.05) is 0 Å². The number of carbonyl (C=O) groups excluding carboxylic acids is 1. The predicted molar refractivity (Wildman–Crippen MR) is 75.3 cm³/mol. The van der Waals surface area contributed by atoms with Gasteiger partial charge in [-0.1, -0.05) is 17.7 Å². The summed E-state index contributed by atoms with van der Waals surface area (Å²) in [5, 5.41) is 1.80. The maximum Gasteiger partial charge on any atom is 0.173 e. The van der Waals surface area contributed by atoms with Crippen LogP contribution in [0.15, 0.2) is 30.9 Å². The van der Waals surface area contributed by atoms with Crippen molar-refractivity contribution in [2.24, 2.45) is 0 Å². The van der Waals surface area contributed by atoms with Crippen molar-refractivity contribution >= 4 is 38.8 Å². The van der Waals surface area contributed by atoms with Crippen LogP contribution in [0.25, 0.3) is 10.1 Å². The number of hydrogen-bond donors (Lipinski definition) is 0. The van der Waals surface area contributed by atoms with Crippen molar-refractivity contribution in [3.63, 3.8) is 0 Å². The molecule has 0 N–H and O–H groups in total. The van der Waals surface area contributed by atoms with E-state index in [1.165, 1.54) is 0 Å². The van der Waals surface area contributed by atoms with Gasteiger partial charge in [-0.2, -0.15) is 0 Å². The van der Waals surface area contributed by atoms with Crippen LogP contribution in [-0.2, 0) is 0 Å². The lowest BCUT2D eigenvalue weighted by Crippen LogP contribution is -1.96. The summed E-state index contributed by atoms with van der Waals surface area (Å²) in [6.07, 6.45) is 3.04.